The minimum atomic E-state index is -0.428. The van der Waals surface area contributed by atoms with Crippen molar-refractivity contribution in [3.8, 4) is 22.7 Å². The Morgan fingerprint density at radius 3 is 2.13 bits per heavy atom. The van der Waals surface area contributed by atoms with Crippen LogP contribution in [0.3, 0.4) is 0 Å². The molecule has 4 aromatic rings. The molecule has 0 saturated heterocycles. The second kappa shape index (κ2) is 7.45. The van der Waals surface area contributed by atoms with Crippen LogP contribution in [0.5, 0.6) is 5.75 Å². The van der Waals surface area contributed by atoms with Crippen molar-refractivity contribution in [3.63, 3.8) is 0 Å². The van der Waals surface area contributed by atoms with E-state index < -0.39 is 5.82 Å². The van der Waals surface area contributed by atoms with Crippen LogP contribution in [0.4, 0.5) is 4.39 Å². The van der Waals surface area contributed by atoms with E-state index in [1.807, 2.05) is 41.0 Å². The fourth-order valence-electron chi connectivity index (χ4n) is 3.66. The first kappa shape index (κ1) is 19.9. The molecule has 0 radical (unpaired) electrons. The monoisotopic (exact) mass is 401 g/mol. The molecule has 0 amide bonds. The maximum absolute atomic E-state index is 13.9. The van der Waals surface area contributed by atoms with Crippen molar-refractivity contribution in [1.29, 1.82) is 0 Å². The van der Waals surface area contributed by atoms with Gasteiger partial charge in [-0.25, -0.2) is 4.39 Å². The number of methoxy groups -OCH3 is 1. The van der Waals surface area contributed by atoms with Crippen LogP contribution in [0.1, 0.15) is 26.3 Å². The average Bonchev–Trinajstić information content (AvgIpc) is 2.73. The van der Waals surface area contributed by atoms with E-state index in [2.05, 4.69) is 32.9 Å². The molecule has 0 aliphatic carbocycles. The lowest BCUT2D eigenvalue weighted by atomic mass is 9.86. The highest BCUT2D eigenvalue weighted by molar-refractivity contribution is 5.85. The van der Waals surface area contributed by atoms with Gasteiger partial charge in [-0.3, -0.25) is 4.79 Å². The van der Waals surface area contributed by atoms with Crippen molar-refractivity contribution in [2.24, 2.45) is 0 Å². The number of halogens is 1. The van der Waals surface area contributed by atoms with E-state index in [0.717, 1.165) is 22.7 Å². The van der Waals surface area contributed by atoms with Gasteiger partial charge in [0, 0.05) is 17.1 Å². The fraction of sp³-hybridized carbons (Fsp3) is 0.192. The molecule has 0 bridgehead atoms. The van der Waals surface area contributed by atoms with E-state index in [0.29, 0.717) is 10.9 Å². The van der Waals surface area contributed by atoms with Crippen LogP contribution in [-0.2, 0) is 5.41 Å². The van der Waals surface area contributed by atoms with Crippen LogP contribution < -0.4 is 10.2 Å². The van der Waals surface area contributed by atoms with Crippen LogP contribution in [0, 0.1) is 5.82 Å². The Morgan fingerprint density at radius 2 is 1.53 bits per heavy atom. The largest absolute Gasteiger partial charge is 0.497 e. The zero-order chi connectivity index (χ0) is 21.5. The lowest BCUT2D eigenvalue weighted by Gasteiger charge is -2.21. The fourth-order valence-corrected chi connectivity index (χ4v) is 3.66. The molecular formula is C26H24FNO2. The summed E-state index contributed by atoms with van der Waals surface area (Å²) in [5.41, 5.74) is 4.24. The number of pyridine rings is 1. The predicted octanol–water partition coefficient (Wildman–Crippen LogP) is 6.10. The number of hydrogen-bond acceptors (Lipinski definition) is 2. The van der Waals surface area contributed by atoms with Gasteiger partial charge in [-0.15, -0.1) is 0 Å². The maximum atomic E-state index is 13.9. The van der Waals surface area contributed by atoms with Gasteiger partial charge in [-0.2, -0.15) is 0 Å². The Morgan fingerprint density at radius 1 is 0.867 bits per heavy atom. The van der Waals surface area contributed by atoms with E-state index in [4.69, 9.17) is 4.74 Å². The highest BCUT2D eigenvalue weighted by atomic mass is 19.1. The Bertz CT molecular complexity index is 1260. The summed E-state index contributed by atoms with van der Waals surface area (Å²) in [6.07, 6.45) is 0. The van der Waals surface area contributed by atoms with E-state index >= 15 is 0 Å². The SMILES string of the molecule is COc1ccc(-n2c(-c3ccc(C(C)(C)C)cc3)cc(=O)c3cc(F)ccc32)cc1. The summed E-state index contributed by atoms with van der Waals surface area (Å²) < 4.78 is 21.1. The quantitative estimate of drug-likeness (QED) is 0.415. The van der Waals surface area contributed by atoms with Crippen LogP contribution in [0.2, 0.25) is 0 Å². The first-order chi connectivity index (χ1) is 14.3. The van der Waals surface area contributed by atoms with Crippen molar-refractivity contribution >= 4 is 10.9 Å². The molecule has 0 unspecified atom stereocenters. The first-order valence-corrected chi connectivity index (χ1v) is 9.88. The topological polar surface area (TPSA) is 31.2 Å². The van der Waals surface area contributed by atoms with Gasteiger partial charge in [0.25, 0.3) is 0 Å². The second-order valence-electron chi connectivity index (χ2n) is 8.42. The van der Waals surface area contributed by atoms with Gasteiger partial charge in [0.2, 0.25) is 0 Å². The number of hydrogen-bond donors (Lipinski definition) is 0. The van der Waals surface area contributed by atoms with Crippen molar-refractivity contribution in [2.75, 3.05) is 7.11 Å². The summed E-state index contributed by atoms with van der Waals surface area (Å²) in [5, 5.41) is 0.348. The molecule has 0 spiro atoms. The molecular weight excluding hydrogens is 377 g/mol. The molecule has 0 saturated carbocycles. The third-order valence-electron chi connectivity index (χ3n) is 5.35. The summed E-state index contributed by atoms with van der Waals surface area (Å²) in [7, 11) is 1.62. The molecule has 3 aromatic carbocycles. The average molecular weight is 401 g/mol. The molecule has 3 nitrogen and oxygen atoms in total. The minimum absolute atomic E-state index is 0.0368. The Labute approximate surface area is 175 Å². The molecule has 0 aliphatic rings. The van der Waals surface area contributed by atoms with Crippen molar-refractivity contribution < 1.29 is 9.13 Å². The lowest BCUT2D eigenvalue weighted by Crippen LogP contribution is -2.12. The van der Waals surface area contributed by atoms with Crippen LogP contribution >= 0.6 is 0 Å². The van der Waals surface area contributed by atoms with Gasteiger partial charge >= 0.3 is 0 Å². The number of nitrogens with zero attached hydrogens (tertiary/aromatic N) is 1. The third-order valence-corrected chi connectivity index (χ3v) is 5.35. The number of fused-ring (bicyclic) bond motifs is 1. The van der Waals surface area contributed by atoms with E-state index in [9.17, 15) is 9.18 Å². The molecule has 0 aliphatic heterocycles. The van der Waals surface area contributed by atoms with Gasteiger partial charge < -0.3 is 9.30 Å². The summed E-state index contributed by atoms with van der Waals surface area (Å²) in [6, 6.07) is 21.8. The summed E-state index contributed by atoms with van der Waals surface area (Å²) >= 11 is 0. The number of ether oxygens (including phenoxy) is 1. The molecule has 30 heavy (non-hydrogen) atoms. The molecule has 0 atom stereocenters. The van der Waals surface area contributed by atoms with Gasteiger partial charge in [-0.05, 0) is 59.0 Å². The molecule has 4 heteroatoms. The summed E-state index contributed by atoms with van der Waals surface area (Å²) in [6.45, 7) is 6.50. The smallest absolute Gasteiger partial charge is 0.190 e. The molecule has 0 N–H and O–H groups in total. The van der Waals surface area contributed by atoms with Crippen LogP contribution in [-0.4, -0.2) is 11.7 Å². The zero-order valence-corrected chi connectivity index (χ0v) is 17.6. The highest BCUT2D eigenvalue weighted by Gasteiger charge is 2.16. The zero-order valence-electron chi connectivity index (χ0n) is 17.6. The highest BCUT2D eigenvalue weighted by Crippen LogP contribution is 2.30. The molecule has 1 aromatic heterocycles. The molecule has 4 rings (SSSR count). The van der Waals surface area contributed by atoms with Crippen LogP contribution in [0.15, 0.2) is 77.6 Å². The van der Waals surface area contributed by atoms with E-state index in [-0.39, 0.29) is 10.8 Å². The summed E-state index contributed by atoms with van der Waals surface area (Å²) in [4.78, 5) is 12.8. The van der Waals surface area contributed by atoms with Crippen molar-refractivity contribution in [2.45, 2.75) is 26.2 Å². The van der Waals surface area contributed by atoms with E-state index in [1.54, 1.807) is 19.2 Å². The minimum Gasteiger partial charge on any atom is -0.497 e. The Hall–Kier alpha value is -3.40. The molecule has 152 valence electrons. The number of benzene rings is 3. The predicted molar refractivity (Wildman–Crippen MR) is 120 cm³/mol. The second-order valence-corrected chi connectivity index (χ2v) is 8.42. The van der Waals surface area contributed by atoms with Gasteiger partial charge in [0.05, 0.1) is 18.3 Å². The Balaban J connectivity index is 2.01. The lowest BCUT2D eigenvalue weighted by molar-refractivity contribution is 0.415. The van der Waals surface area contributed by atoms with Crippen molar-refractivity contribution in [3.05, 3.63) is 94.4 Å². The van der Waals surface area contributed by atoms with Crippen LogP contribution in [0.25, 0.3) is 27.8 Å². The van der Waals surface area contributed by atoms with Crippen molar-refractivity contribution in [1.82, 2.24) is 4.57 Å². The van der Waals surface area contributed by atoms with E-state index in [1.165, 1.54) is 17.7 Å². The number of aromatic nitrogens is 1. The first-order valence-electron chi connectivity index (χ1n) is 9.88. The third kappa shape index (κ3) is 3.61. The normalized spacial score (nSPS) is 11.6. The molecule has 1 heterocycles. The van der Waals surface area contributed by atoms with Gasteiger partial charge in [-0.1, -0.05) is 45.0 Å². The van der Waals surface area contributed by atoms with Gasteiger partial charge in [0.15, 0.2) is 5.43 Å². The standard InChI is InChI=1S/C26H24FNO2/c1-26(2,3)18-7-5-17(6-8-18)24-16-25(29)22-15-19(27)9-14-23(22)28(24)20-10-12-21(30-4)13-11-20/h5-16H,1-4H3. The number of rotatable bonds is 3. The van der Waals surface area contributed by atoms with Gasteiger partial charge in [0.1, 0.15) is 11.6 Å². The maximum Gasteiger partial charge on any atom is 0.190 e. The Kier molecular flexibility index (Phi) is 4.94. The molecule has 0 fully saturated rings. The summed E-state index contributed by atoms with van der Waals surface area (Å²) in [5.74, 6) is 0.314.